The van der Waals surface area contributed by atoms with Crippen LogP contribution in [0.1, 0.15) is 28.2 Å². The van der Waals surface area contributed by atoms with E-state index in [1.807, 2.05) is 0 Å². The molecule has 0 aromatic carbocycles. The number of rotatable bonds is 4. The Balaban J connectivity index is 1.62. The van der Waals surface area contributed by atoms with Crippen molar-refractivity contribution in [3.05, 3.63) is 44.3 Å². The summed E-state index contributed by atoms with van der Waals surface area (Å²) >= 11 is 1.37. The Bertz CT molecular complexity index is 678. The highest BCUT2D eigenvalue weighted by atomic mass is 32.1. The van der Waals surface area contributed by atoms with Crippen LogP contribution in [-0.4, -0.2) is 27.2 Å². The van der Waals surface area contributed by atoms with Crippen LogP contribution in [-0.2, 0) is 19.4 Å². The highest BCUT2D eigenvalue weighted by Gasteiger charge is 2.14. The van der Waals surface area contributed by atoms with Gasteiger partial charge in [-0.05, 0) is 24.8 Å². The van der Waals surface area contributed by atoms with E-state index in [0.29, 0.717) is 18.8 Å². The quantitative estimate of drug-likeness (QED) is 0.895. The number of aromatic nitrogens is 3. The number of fused-ring (bicyclic) bond motifs is 1. The van der Waals surface area contributed by atoms with E-state index in [0.717, 1.165) is 30.5 Å². The summed E-state index contributed by atoms with van der Waals surface area (Å²) in [6, 6.07) is 1.66. The van der Waals surface area contributed by atoms with Gasteiger partial charge in [0.25, 0.3) is 11.5 Å². The van der Waals surface area contributed by atoms with Gasteiger partial charge in [0.1, 0.15) is 5.69 Å². The molecular weight excluding hydrogens is 276 g/mol. The van der Waals surface area contributed by atoms with Crippen molar-refractivity contribution in [2.45, 2.75) is 25.8 Å². The van der Waals surface area contributed by atoms with Crippen molar-refractivity contribution < 1.29 is 4.79 Å². The van der Waals surface area contributed by atoms with Gasteiger partial charge in [0, 0.05) is 18.0 Å². The van der Waals surface area contributed by atoms with Crippen LogP contribution in [0.3, 0.4) is 0 Å². The Morgan fingerprint density at radius 2 is 2.35 bits per heavy atom. The Labute approximate surface area is 119 Å². The second-order valence-corrected chi connectivity index (χ2v) is 5.38. The molecule has 1 aliphatic rings. The lowest BCUT2D eigenvalue weighted by atomic mass is 10.2. The van der Waals surface area contributed by atoms with E-state index in [4.69, 9.17) is 0 Å². The summed E-state index contributed by atoms with van der Waals surface area (Å²) in [4.78, 5) is 27.5. The summed E-state index contributed by atoms with van der Waals surface area (Å²) in [6.07, 6.45) is 2.94. The van der Waals surface area contributed by atoms with Crippen LogP contribution in [0.5, 0.6) is 0 Å². The van der Waals surface area contributed by atoms with Gasteiger partial charge in [0.2, 0.25) is 0 Å². The Hall–Kier alpha value is -2.02. The first-order valence-electron chi connectivity index (χ1n) is 6.50. The second-order valence-electron chi connectivity index (χ2n) is 4.66. The van der Waals surface area contributed by atoms with E-state index in [9.17, 15) is 9.59 Å². The van der Waals surface area contributed by atoms with E-state index in [1.165, 1.54) is 16.0 Å². The molecule has 0 unspecified atom stereocenters. The third-order valence-electron chi connectivity index (χ3n) is 3.30. The van der Waals surface area contributed by atoms with E-state index >= 15 is 0 Å². The zero-order valence-corrected chi connectivity index (χ0v) is 11.7. The molecule has 20 heavy (non-hydrogen) atoms. The number of nitrogens with one attached hydrogen (secondary N) is 1. The van der Waals surface area contributed by atoms with Gasteiger partial charge in [-0.25, -0.2) is 9.67 Å². The van der Waals surface area contributed by atoms with Crippen molar-refractivity contribution in [2.24, 2.45) is 0 Å². The molecule has 0 aliphatic heterocycles. The molecule has 3 rings (SSSR count). The predicted octanol–water partition coefficient (Wildman–Crippen LogP) is 0.618. The average molecular weight is 290 g/mol. The number of carbonyl (C=O) groups excluding carboxylic acids is 1. The first-order valence-corrected chi connectivity index (χ1v) is 7.44. The topological polar surface area (TPSA) is 76.9 Å². The SMILES string of the molecule is O=C(NCCn1nc2c(cc1=O)CCC2)c1cscn1. The zero-order valence-electron chi connectivity index (χ0n) is 10.8. The Morgan fingerprint density at radius 3 is 3.15 bits per heavy atom. The molecule has 1 N–H and O–H groups in total. The van der Waals surface area contributed by atoms with Crippen LogP contribution < -0.4 is 10.9 Å². The van der Waals surface area contributed by atoms with Crippen molar-refractivity contribution in [1.82, 2.24) is 20.1 Å². The monoisotopic (exact) mass is 290 g/mol. The maximum atomic E-state index is 11.9. The van der Waals surface area contributed by atoms with Gasteiger partial charge in [0.05, 0.1) is 17.7 Å². The minimum Gasteiger partial charge on any atom is -0.349 e. The molecule has 1 aliphatic carbocycles. The van der Waals surface area contributed by atoms with Gasteiger partial charge in [0.15, 0.2) is 0 Å². The number of thiazole rings is 1. The average Bonchev–Trinajstić information content (AvgIpc) is 3.08. The molecule has 0 saturated carbocycles. The van der Waals surface area contributed by atoms with Gasteiger partial charge in [-0.2, -0.15) is 5.10 Å². The highest BCUT2D eigenvalue weighted by molar-refractivity contribution is 7.07. The highest BCUT2D eigenvalue weighted by Crippen LogP contribution is 2.16. The van der Waals surface area contributed by atoms with Gasteiger partial charge in [-0.3, -0.25) is 9.59 Å². The van der Waals surface area contributed by atoms with Crippen LogP contribution >= 0.6 is 11.3 Å². The Kier molecular flexibility index (Phi) is 3.60. The van der Waals surface area contributed by atoms with Crippen molar-refractivity contribution in [3.8, 4) is 0 Å². The van der Waals surface area contributed by atoms with Crippen molar-refractivity contribution >= 4 is 17.2 Å². The maximum absolute atomic E-state index is 11.9. The second kappa shape index (κ2) is 5.54. The molecule has 7 heteroatoms. The molecule has 6 nitrogen and oxygen atoms in total. The third-order valence-corrected chi connectivity index (χ3v) is 3.88. The lowest BCUT2D eigenvalue weighted by Crippen LogP contribution is -2.32. The van der Waals surface area contributed by atoms with Crippen molar-refractivity contribution in [1.29, 1.82) is 0 Å². The van der Waals surface area contributed by atoms with Gasteiger partial charge < -0.3 is 5.32 Å². The van der Waals surface area contributed by atoms with Gasteiger partial charge in [-0.1, -0.05) is 0 Å². The van der Waals surface area contributed by atoms with Crippen LogP contribution in [0.25, 0.3) is 0 Å². The number of nitrogens with zero attached hydrogens (tertiary/aromatic N) is 3. The van der Waals surface area contributed by atoms with Gasteiger partial charge >= 0.3 is 0 Å². The predicted molar refractivity (Wildman–Crippen MR) is 75.0 cm³/mol. The normalized spacial score (nSPS) is 13.2. The summed E-state index contributed by atoms with van der Waals surface area (Å²) in [5, 5.41) is 8.78. The largest absolute Gasteiger partial charge is 0.349 e. The number of hydrogen-bond donors (Lipinski definition) is 1. The molecule has 0 saturated heterocycles. The lowest BCUT2D eigenvalue weighted by Gasteiger charge is -2.07. The van der Waals surface area contributed by atoms with Crippen LogP contribution in [0.15, 0.2) is 21.8 Å². The maximum Gasteiger partial charge on any atom is 0.270 e. The minimum absolute atomic E-state index is 0.103. The Morgan fingerprint density at radius 1 is 1.45 bits per heavy atom. The molecule has 0 bridgehead atoms. The van der Waals surface area contributed by atoms with Crippen LogP contribution in [0.4, 0.5) is 0 Å². The van der Waals surface area contributed by atoms with E-state index in [2.05, 4.69) is 15.4 Å². The fourth-order valence-corrected chi connectivity index (χ4v) is 2.82. The summed E-state index contributed by atoms with van der Waals surface area (Å²) < 4.78 is 1.42. The molecule has 0 atom stereocenters. The van der Waals surface area contributed by atoms with Crippen LogP contribution in [0.2, 0.25) is 0 Å². The smallest absolute Gasteiger partial charge is 0.270 e. The molecule has 2 heterocycles. The minimum atomic E-state index is -0.222. The molecule has 0 spiro atoms. The number of aryl methyl sites for hydroxylation is 2. The number of amides is 1. The first-order chi connectivity index (χ1) is 9.74. The molecule has 2 aromatic heterocycles. The zero-order chi connectivity index (χ0) is 13.9. The lowest BCUT2D eigenvalue weighted by molar-refractivity contribution is 0.0947. The number of hydrogen-bond acceptors (Lipinski definition) is 5. The summed E-state index contributed by atoms with van der Waals surface area (Å²) in [5.41, 5.74) is 3.99. The molecular formula is C13H14N4O2S. The summed E-state index contributed by atoms with van der Waals surface area (Å²) in [6.45, 7) is 0.740. The van der Waals surface area contributed by atoms with Crippen molar-refractivity contribution in [2.75, 3.05) is 6.54 Å². The van der Waals surface area contributed by atoms with Crippen LogP contribution in [0, 0.1) is 0 Å². The third kappa shape index (κ3) is 2.62. The fourth-order valence-electron chi connectivity index (χ4n) is 2.29. The molecule has 104 valence electrons. The van der Waals surface area contributed by atoms with Crippen molar-refractivity contribution in [3.63, 3.8) is 0 Å². The molecule has 1 amide bonds. The standard InChI is InChI=1S/C13H14N4O2S/c18-12-6-9-2-1-3-10(9)16-17(12)5-4-14-13(19)11-7-20-8-15-11/h6-8H,1-5H2,(H,14,19). The van der Waals surface area contributed by atoms with E-state index in [1.54, 1.807) is 17.0 Å². The molecule has 2 aromatic rings. The van der Waals surface area contributed by atoms with E-state index < -0.39 is 0 Å². The summed E-state index contributed by atoms with van der Waals surface area (Å²) in [5.74, 6) is -0.222. The molecule has 0 radical (unpaired) electrons. The molecule has 0 fully saturated rings. The summed E-state index contributed by atoms with van der Waals surface area (Å²) in [7, 11) is 0. The first kappa shape index (κ1) is 13.0. The van der Waals surface area contributed by atoms with Gasteiger partial charge in [-0.15, -0.1) is 11.3 Å². The fraction of sp³-hybridized carbons (Fsp3) is 0.385. The van der Waals surface area contributed by atoms with E-state index in [-0.39, 0.29) is 11.5 Å². The number of carbonyl (C=O) groups is 1.